The third-order valence-corrected chi connectivity index (χ3v) is 1.34. The molecule has 0 atom stereocenters. The van der Waals surface area contributed by atoms with Crippen LogP contribution >= 0.6 is 0 Å². The molecular weight excluding hydrogens is 190 g/mol. The smallest absolute Gasteiger partial charge is 0.0106 e. The molecule has 0 aromatic carbocycles. The molecule has 0 fully saturated rings. The van der Waals surface area contributed by atoms with Crippen molar-refractivity contribution in [3.8, 4) is 0 Å². The van der Waals surface area contributed by atoms with Crippen molar-refractivity contribution >= 4 is 0 Å². The molecule has 0 radical (unpaired) electrons. The van der Waals surface area contributed by atoms with E-state index in [2.05, 4.69) is 10.2 Å². The van der Waals surface area contributed by atoms with Crippen molar-refractivity contribution in [3.05, 3.63) is 0 Å². The molecule has 0 aromatic heterocycles. The van der Waals surface area contributed by atoms with Gasteiger partial charge in [-0.2, -0.15) is 0 Å². The average molecular weight is 221 g/mol. The Labute approximate surface area is 95.4 Å². The van der Waals surface area contributed by atoms with Crippen molar-refractivity contribution < 1.29 is 0 Å². The summed E-state index contributed by atoms with van der Waals surface area (Å²) in [5.41, 5.74) is 16.1. The maximum absolute atomic E-state index is 5.37. The molecule has 5 heteroatoms. The number of rotatable bonds is 6. The van der Waals surface area contributed by atoms with Crippen molar-refractivity contribution in [2.45, 2.75) is 13.8 Å². The largest absolute Gasteiger partial charge is 0.329 e. The predicted molar refractivity (Wildman–Crippen MR) is 69.9 cm³/mol. The van der Waals surface area contributed by atoms with E-state index in [0.717, 1.165) is 19.6 Å². The van der Waals surface area contributed by atoms with Gasteiger partial charge in [0.1, 0.15) is 0 Å². The van der Waals surface area contributed by atoms with Crippen molar-refractivity contribution in [1.29, 1.82) is 0 Å². The molecule has 0 heterocycles. The quantitative estimate of drug-likeness (QED) is 0.463. The molecule has 7 N–H and O–H groups in total. The SMILES string of the molecule is CC.CNC.NCCN(CCN)CCN. The van der Waals surface area contributed by atoms with Crippen LogP contribution in [0.15, 0.2) is 0 Å². The van der Waals surface area contributed by atoms with Crippen LogP contribution in [0.4, 0.5) is 0 Å². The molecule has 15 heavy (non-hydrogen) atoms. The van der Waals surface area contributed by atoms with Gasteiger partial charge in [0.05, 0.1) is 0 Å². The van der Waals surface area contributed by atoms with Crippen molar-refractivity contribution in [2.75, 3.05) is 53.4 Å². The van der Waals surface area contributed by atoms with Crippen molar-refractivity contribution in [1.82, 2.24) is 10.2 Å². The summed E-state index contributed by atoms with van der Waals surface area (Å²) in [6.45, 7) is 8.73. The fraction of sp³-hybridized carbons (Fsp3) is 1.00. The molecule has 0 aliphatic rings. The summed E-state index contributed by atoms with van der Waals surface area (Å²) >= 11 is 0. The lowest BCUT2D eigenvalue weighted by molar-refractivity contribution is 0.297. The Morgan fingerprint density at radius 2 is 1.00 bits per heavy atom. The summed E-state index contributed by atoms with van der Waals surface area (Å²) in [7, 11) is 3.75. The minimum Gasteiger partial charge on any atom is -0.329 e. The lowest BCUT2D eigenvalue weighted by atomic mass is 10.4. The number of hydrogen-bond acceptors (Lipinski definition) is 5. The highest BCUT2D eigenvalue weighted by Gasteiger charge is 1.98. The minimum absolute atomic E-state index is 0.681. The Bertz CT molecular complexity index is 65.9. The van der Waals surface area contributed by atoms with E-state index in [0.29, 0.717) is 19.6 Å². The van der Waals surface area contributed by atoms with Crippen LogP contribution in [0, 0.1) is 0 Å². The second-order valence-electron chi connectivity index (χ2n) is 2.71. The molecule has 0 spiro atoms. The van der Waals surface area contributed by atoms with Gasteiger partial charge < -0.3 is 22.5 Å². The zero-order chi connectivity index (χ0) is 12.5. The lowest BCUT2D eigenvalue weighted by Gasteiger charge is -2.18. The van der Waals surface area contributed by atoms with Crippen molar-refractivity contribution in [3.63, 3.8) is 0 Å². The highest BCUT2D eigenvalue weighted by Crippen LogP contribution is 1.81. The van der Waals surface area contributed by atoms with Crippen LogP contribution in [0.5, 0.6) is 0 Å². The van der Waals surface area contributed by atoms with Gasteiger partial charge in [0, 0.05) is 39.3 Å². The van der Waals surface area contributed by atoms with Gasteiger partial charge in [-0.05, 0) is 14.1 Å². The standard InChI is InChI=1S/C6H18N4.C2H7N.C2H6/c7-1-4-10(5-2-8)6-3-9;1-3-2;1-2/h1-9H2;3H,1-2H3;1-2H3. The number of nitrogens with zero attached hydrogens (tertiary/aromatic N) is 1. The first-order valence-corrected chi connectivity index (χ1v) is 5.67. The minimum atomic E-state index is 0.681. The molecule has 5 nitrogen and oxygen atoms in total. The summed E-state index contributed by atoms with van der Waals surface area (Å²) in [6.07, 6.45) is 0. The van der Waals surface area contributed by atoms with Gasteiger partial charge >= 0.3 is 0 Å². The molecule has 0 unspecified atom stereocenters. The summed E-state index contributed by atoms with van der Waals surface area (Å²) in [5, 5.41) is 2.75. The van der Waals surface area contributed by atoms with Crippen LogP contribution in [-0.2, 0) is 0 Å². The molecule has 0 aromatic rings. The van der Waals surface area contributed by atoms with E-state index in [9.17, 15) is 0 Å². The second-order valence-corrected chi connectivity index (χ2v) is 2.71. The number of hydrogen-bond donors (Lipinski definition) is 4. The highest BCUT2D eigenvalue weighted by atomic mass is 15.1. The van der Waals surface area contributed by atoms with Gasteiger partial charge in [-0.3, -0.25) is 4.90 Å². The zero-order valence-electron chi connectivity index (χ0n) is 10.9. The van der Waals surface area contributed by atoms with Gasteiger partial charge in [0.25, 0.3) is 0 Å². The molecule has 0 amide bonds. The third-order valence-electron chi connectivity index (χ3n) is 1.34. The van der Waals surface area contributed by atoms with E-state index in [4.69, 9.17) is 17.2 Å². The molecule has 0 rings (SSSR count). The van der Waals surface area contributed by atoms with Crippen molar-refractivity contribution in [2.24, 2.45) is 17.2 Å². The van der Waals surface area contributed by atoms with Crippen LogP contribution in [0.3, 0.4) is 0 Å². The Morgan fingerprint density at radius 1 is 0.800 bits per heavy atom. The zero-order valence-corrected chi connectivity index (χ0v) is 10.9. The summed E-state index contributed by atoms with van der Waals surface area (Å²) in [6, 6.07) is 0. The van der Waals surface area contributed by atoms with Gasteiger partial charge in [0.15, 0.2) is 0 Å². The topological polar surface area (TPSA) is 93.3 Å². The lowest BCUT2D eigenvalue weighted by Crippen LogP contribution is -2.37. The molecule has 0 aliphatic heterocycles. The first-order valence-electron chi connectivity index (χ1n) is 5.67. The van der Waals surface area contributed by atoms with E-state index >= 15 is 0 Å². The van der Waals surface area contributed by atoms with E-state index in [1.165, 1.54) is 0 Å². The van der Waals surface area contributed by atoms with Gasteiger partial charge in [-0.25, -0.2) is 0 Å². The van der Waals surface area contributed by atoms with E-state index in [1.807, 2.05) is 27.9 Å². The molecule has 0 bridgehead atoms. The van der Waals surface area contributed by atoms with Crippen LogP contribution in [-0.4, -0.2) is 58.3 Å². The van der Waals surface area contributed by atoms with Crippen LogP contribution in [0.1, 0.15) is 13.8 Å². The van der Waals surface area contributed by atoms with Crippen LogP contribution in [0.25, 0.3) is 0 Å². The van der Waals surface area contributed by atoms with Gasteiger partial charge in [0.2, 0.25) is 0 Å². The predicted octanol–water partition coefficient (Wildman–Crippen LogP) is -0.974. The monoisotopic (exact) mass is 221 g/mol. The van der Waals surface area contributed by atoms with Crippen LogP contribution < -0.4 is 22.5 Å². The van der Waals surface area contributed by atoms with Crippen LogP contribution in [0.2, 0.25) is 0 Å². The first kappa shape index (κ1) is 20.2. The van der Waals surface area contributed by atoms with Gasteiger partial charge in [-0.1, -0.05) is 13.8 Å². The van der Waals surface area contributed by atoms with E-state index < -0.39 is 0 Å². The number of nitrogens with one attached hydrogen (secondary N) is 1. The molecule has 0 saturated carbocycles. The summed E-state index contributed by atoms with van der Waals surface area (Å²) in [4.78, 5) is 2.17. The Morgan fingerprint density at radius 3 is 1.13 bits per heavy atom. The third kappa shape index (κ3) is 24.8. The van der Waals surface area contributed by atoms with Gasteiger partial charge in [-0.15, -0.1) is 0 Å². The molecule has 0 saturated heterocycles. The van der Waals surface area contributed by atoms with E-state index in [1.54, 1.807) is 0 Å². The van der Waals surface area contributed by atoms with E-state index in [-0.39, 0.29) is 0 Å². The average Bonchev–Trinajstić information content (AvgIpc) is 2.23. The Balaban J connectivity index is -0.000000245. The maximum Gasteiger partial charge on any atom is 0.0106 e. The fourth-order valence-electron chi connectivity index (χ4n) is 0.883. The fourth-order valence-corrected chi connectivity index (χ4v) is 0.883. The molecule has 0 aliphatic carbocycles. The Hall–Kier alpha value is -0.200. The summed E-state index contributed by atoms with van der Waals surface area (Å²) < 4.78 is 0. The summed E-state index contributed by atoms with van der Waals surface area (Å²) in [5.74, 6) is 0. The maximum atomic E-state index is 5.37. The molecule has 96 valence electrons. The number of nitrogens with two attached hydrogens (primary N) is 3. The highest BCUT2D eigenvalue weighted by molar-refractivity contribution is 4.58. The Kier molecular flexibility index (Phi) is 31.8. The first-order chi connectivity index (χ1) is 7.26. The molecular formula is C10H31N5. The second kappa shape index (κ2) is 23.5. The normalized spacial score (nSPS) is 8.80.